The molecule has 0 unspecified atom stereocenters. The maximum atomic E-state index is 13.2. The molecule has 0 spiro atoms. The van der Waals surface area contributed by atoms with Gasteiger partial charge in [-0.2, -0.15) is 0 Å². The first-order chi connectivity index (χ1) is 15.1. The summed E-state index contributed by atoms with van der Waals surface area (Å²) in [6, 6.07) is 4.02. The van der Waals surface area contributed by atoms with Crippen LogP contribution in [0.25, 0.3) is 0 Å². The summed E-state index contributed by atoms with van der Waals surface area (Å²) in [5.74, 6) is -1.91. The van der Waals surface area contributed by atoms with E-state index in [1.807, 2.05) is 32.9 Å². The predicted octanol–water partition coefficient (Wildman–Crippen LogP) is 4.84. The van der Waals surface area contributed by atoms with Crippen molar-refractivity contribution in [3.05, 3.63) is 56.9 Å². The monoisotopic (exact) mass is 443 g/mol. The number of carbonyl (C=O) groups excluding carboxylic acids is 3. The lowest BCUT2D eigenvalue weighted by Gasteiger charge is -2.37. The minimum absolute atomic E-state index is 0.152. The quantitative estimate of drug-likeness (QED) is 0.462. The van der Waals surface area contributed by atoms with Crippen LogP contribution < -0.4 is 0 Å². The molecule has 0 radical (unpaired) electrons. The molecule has 7 nitrogen and oxygen atoms in total. The van der Waals surface area contributed by atoms with Crippen molar-refractivity contribution in [3.63, 3.8) is 0 Å². The zero-order chi connectivity index (χ0) is 24.2. The third-order valence-electron chi connectivity index (χ3n) is 5.50. The van der Waals surface area contributed by atoms with E-state index in [0.29, 0.717) is 11.4 Å². The van der Waals surface area contributed by atoms with E-state index in [9.17, 15) is 14.4 Å². The Labute approximate surface area is 190 Å². The highest BCUT2D eigenvalue weighted by Crippen LogP contribution is 2.45. The summed E-state index contributed by atoms with van der Waals surface area (Å²) in [5.41, 5.74) is 4.96. The summed E-state index contributed by atoms with van der Waals surface area (Å²) in [7, 11) is 0. The molecule has 32 heavy (non-hydrogen) atoms. The minimum Gasteiger partial charge on any atom is -0.463 e. The van der Waals surface area contributed by atoms with E-state index in [1.165, 1.54) is 4.90 Å². The summed E-state index contributed by atoms with van der Waals surface area (Å²) in [4.78, 5) is 40.5. The maximum Gasteiger partial charge on any atom is 0.418 e. The Balaban J connectivity index is 2.93. The van der Waals surface area contributed by atoms with Gasteiger partial charge in [-0.1, -0.05) is 17.7 Å². The van der Waals surface area contributed by atoms with Crippen LogP contribution in [0.15, 0.2) is 34.7 Å². The van der Waals surface area contributed by atoms with E-state index in [0.717, 1.165) is 22.3 Å². The van der Waals surface area contributed by atoms with Gasteiger partial charge in [0.15, 0.2) is 0 Å². The molecule has 0 aliphatic carbocycles. The van der Waals surface area contributed by atoms with Crippen LogP contribution in [-0.4, -0.2) is 42.8 Å². The van der Waals surface area contributed by atoms with Crippen LogP contribution in [0.4, 0.5) is 4.79 Å². The second-order valence-electron chi connectivity index (χ2n) is 7.72. The number of ether oxygens (including phenoxy) is 3. The summed E-state index contributed by atoms with van der Waals surface area (Å²) < 4.78 is 16.0. The number of hydrogen-bond acceptors (Lipinski definition) is 6. The molecule has 0 atom stereocenters. The molecule has 0 saturated heterocycles. The van der Waals surface area contributed by atoms with Gasteiger partial charge in [-0.3, -0.25) is 4.90 Å². The van der Waals surface area contributed by atoms with Crippen molar-refractivity contribution in [1.82, 2.24) is 4.90 Å². The van der Waals surface area contributed by atoms with Gasteiger partial charge in [0.2, 0.25) is 0 Å². The molecule has 1 heterocycles. The van der Waals surface area contributed by atoms with E-state index in [-0.39, 0.29) is 31.0 Å². The molecule has 1 aromatic rings. The number of allylic oxidation sites excluding steroid dienone is 2. The molecule has 0 saturated carbocycles. The zero-order valence-electron chi connectivity index (χ0n) is 20.3. The number of amides is 1. The molecule has 0 fully saturated rings. The standard InChI is InChI=1S/C25H33NO6/c1-9-30-23(27)20-17(7)26(25(29)32-11-3)18(8)21(24(28)31-10-2)22(20)19-15(5)12-14(4)13-16(19)6/h12-13,22H,9-11H2,1-8H3. The SMILES string of the molecule is CCOC(=O)C1=C(C)N(C(=O)OCC)C(C)=C(C(=O)OCC)C1c1c(C)cc(C)cc1C. The number of hydrogen-bond donors (Lipinski definition) is 0. The van der Waals surface area contributed by atoms with Crippen molar-refractivity contribution in [1.29, 1.82) is 0 Å². The molecule has 7 heteroatoms. The first kappa shape index (κ1) is 25.2. The van der Waals surface area contributed by atoms with Gasteiger partial charge in [0.1, 0.15) is 0 Å². The Bertz CT molecular complexity index is 923. The van der Waals surface area contributed by atoms with E-state index >= 15 is 0 Å². The Hall–Kier alpha value is -3.09. The van der Waals surface area contributed by atoms with Gasteiger partial charge < -0.3 is 14.2 Å². The molecule has 1 aliphatic heterocycles. The Morgan fingerprint density at radius 3 is 1.53 bits per heavy atom. The van der Waals surface area contributed by atoms with E-state index < -0.39 is 23.9 Å². The Kier molecular flexibility index (Phi) is 8.25. The lowest BCUT2D eigenvalue weighted by Crippen LogP contribution is -2.39. The third kappa shape index (κ3) is 4.71. The fraction of sp³-hybridized carbons (Fsp3) is 0.480. The largest absolute Gasteiger partial charge is 0.463 e. The highest BCUT2D eigenvalue weighted by molar-refractivity contribution is 6.01. The summed E-state index contributed by atoms with van der Waals surface area (Å²) in [6.07, 6.45) is -0.665. The molecule has 1 amide bonds. The molecular weight excluding hydrogens is 410 g/mol. The van der Waals surface area contributed by atoms with Crippen molar-refractivity contribution in [2.24, 2.45) is 0 Å². The average Bonchev–Trinajstić information content (AvgIpc) is 2.67. The van der Waals surface area contributed by atoms with Crippen LogP contribution in [0.3, 0.4) is 0 Å². The Morgan fingerprint density at radius 1 is 0.750 bits per heavy atom. The molecule has 1 aromatic carbocycles. The molecule has 174 valence electrons. The first-order valence-corrected chi connectivity index (χ1v) is 10.9. The maximum absolute atomic E-state index is 13.2. The molecular formula is C25H33NO6. The second-order valence-corrected chi connectivity index (χ2v) is 7.72. The lowest BCUT2D eigenvalue weighted by atomic mass is 9.76. The van der Waals surface area contributed by atoms with Crippen LogP contribution in [0.2, 0.25) is 0 Å². The first-order valence-electron chi connectivity index (χ1n) is 10.9. The predicted molar refractivity (Wildman–Crippen MR) is 121 cm³/mol. The smallest absolute Gasteiger partial charge is 0.418 e. The second kappa shape index (κ2) is 10.5. The van der Waals surface area contributed by atoms with Crippen molar-refractivity contribution >= 4 is 18.0 Å². The van der Waals surface area contributed by atoms with Crippen molar-refractivity contribution in [2.75, 3.05) is 19.8 Å². The fourth-order valence-electron chi connectivity index (χ4n) is 4.40. The zero-order valence-corrected chi connectivity index (χ0v) is 20.3. The summed E-state index contributed by atoms with van der Waals surface area (Å²) in [5, 5.41) is 0. The van der Waals surface area contributed by atoms with Crippen molar-refractivity contribution < 1.29 is 28.6 Å². The van der Waals surface area contributed by atoms with Gasteiger partial charge in [-0.05, 0) is 72.1 Å². The number of nitrogens with zero attached hydrogens (tertiary/aromatic N) is 1. The number of aryl methyl sites for hydroxylation is 3. The molecule has 0 aromatic heterocycles. The van der Waals surface area contributed by atoms with Gasteiger partial charge >= 0.3 is 18.0 Å². The number of carbonyl (C=O) groups is 3. The van der Waals surface area contributed by atoms with E-state index in [1.54, 1.807) is 34.6 Å². The average molecular weight is 444 g/mol. The van der Waals surface area contributed by atoms with Crippen molar-refractivity contribution in [3.8, 4) is 0 Å². The van der Waals surface area contributed by atoms with Gasteiger partial charge in [0, 0.05) is 11.4 Å². The van der Waals surface area contributed by atoms with Gasteiger partial charge in [-0.25, -0.2) is 14.4 Å². The molecule has 0 N–H and O–H groups in total. The Morgan fingerprint density at radius 2 is 1.16 bits per heavy atom. The summed E-state index contributed by atoms with van der Waals surface area (Å²) >= 11 is 0. The normalized spacial score (nSPS) is 14.6. The van der Waals surface area contributed by atoms with Gasteiger partial charge in [0.25, 0.3) is 0 Å². The lowest BCUT2D eigenvalue weighted by molar-refractivity contribution is -0.139. The third-order valence-corrected chi connectivity index (χ3v) is 5.50. The van der Waals surface area contributed by atoms with Crippen LogP contribution in [0, 0.1) is 20.8 Å². The van der Waals surface area contributed by atoms with Crippen LogP contribution in [-0.2, 0) is 23.8 Å². The van der Waals surface area contributed by atoms with Crippen molar-refractivity contribution in [2.45, 2.75) is 61.3 Å². The number of esters is 2. The van der Waals surface area contributed by atoms with Gasteiger partial charge in [0.05, 0.1) is 36.9 Å². The fourth-order valence-corrected chi connectivity index (χ4v) is 4.40. The van der Waals surface area contributed by atoms with Crippen LogP contribution in [0.5, 0.6) is 0 Å². The summed E-state index contributed by atoms with van der Waals surface area (Å²) in [6.45, 7) is 14.8. The minimum atomic E-state index is -0.737. The van der Waals surface area contributed by atoms with Crippen LogP contribution >= 0.6 is 0 Å². The topological polar surface area (TPSA) is 82.1 Å². The molecule has 2 rings (SSSR count). The highest BCUT2D eigenvalue weighted by atomic mass is 16.6. The number of rotatable bonds is 6. The molecule has 0 bridgehead atoms. The van der Waals surface area contributed by atoms with Gasteiger partial charge in [-0.15, -0.1) is 0 Å². The molecule has 1 aliphatic rings. The van der Waals surface area contributed by atoms with E-state index in [4.69, 9.17) is 14.2 Å². The highest BCUT2D eigenvalue weighted by Gasteiger charge is 2.43. The van der Waals surface area contributed by atoms with Crippen LogP contribution in [0.1, 0.15) is 62.8 Å². The van der Waals surface area contributed by atoms with E-state index in [2.05, 4.69) is 0 Å². The number of benzene rings is 1.